The van der Waals surface area contributed by atoms with Gasteiger partial charge in [0.1, 0.15) is 6.73 Å². The number of carbonyl (C=O) groups is 2. The molecule has 2 fully saturated rings. The average molecular weight is 254 g/mol. The molecule has 2 heterocycles. The Balaban J connectivity index is 1.53. The van der Waals surface area contributed by atoms with E-state index in [0.29, 0.717) is 26.2 Å². The summed E-state index contributed by atoms with van der Waals surface area (Å²) in [4.78, 5) is 26.5. The Hall–Kier alpha value is -1.10. The van der Waals surface area contributed by atoms with Gasteiger partial charge in [0.15, 0.2) is 0 Å². The van der Waals surface area contributed by atoms with Crippen molar-refractivity contribution in [3.05, 3.63) is 0 Å². The Kier molecular flexibility index (Phi) is 4.99. The minimum absolute atomic E-state index is 0.205. The lowest BCUT2D eigenvalue weighted by Gasteiger charge is -2.26. The minimum Gasteiger partial charge on any atom is -0.361 e. The van der Waals surface area contributed by atoms with Crippen molar-refractivity contribution in [3.8, 4) is 0 Å². The molecule has 2 aliphatic rings. The van der Waals surface area contributed by atoms with Gasteiger partial charge in [-0.15, -0.1) is 0 Å². The van der Waals surface area contributed by atoms with Gasteiger partial charge in [-0.25, -0.2) is 0 Å². The average Bonchev–Trinajstić information content (AvgIpc) is 2.77. The Labute approximate surface area is 108 Å². The second-order valence-electron chi connectivity index (χ2n) is 4.99. The van der Waals surface area contributed by atoms with Crippen LogP contribution in [0.3, 0.4) is 0 Å². The zero-order chi connectivity index (χ0) is 12.8. The lowest BCUT2D eigenvalue weighted by atomic mass is 10.1. The summed E-state index contributed by atoms with van der Waals surface area (Å²) in [7, 11) is 0. The summed E-state index contributed by atoms with van der Waals surface area (Å²) in [5.74, 6) is 0.470. The van der Waals surface area contributed by atoms with Crippen LogP contribution in [0, 0.1) is 0 Å². The predicted octanol–water partition coefficient (Wildman–Crippen LogP) is 0.985. The number of carbonyl (C=O) groups excluding carboxylic acids is 2. The molecular weight excluding hydrogens is 232 g/mol. The Morgan fingerprint density at radius 3 is 2.39 bits per heavy atom. The van der Waals surface area contributed by atoms with Crippen LogP contribution in [-0.4, -0.2) is 54.6 Å². The molecule has 0 unspecified atom stereocenters. The molecule has 2 saturated heterocycles. The molecule has 0 aromatic heterocycles. The van der Waals surface area contributed by atoms with Crippen LogP contribution in [0.5, 0.6) is 0 Å². The van der Waals surface area contributed by atoms with Crippen LogP contribution in [0.25, 0.3) is 0 Å². The van der Waals surface area contributed by atoms with Gasteiger partial charge in [-0.3, -0.25) is 9.59 Å². The zero-order valence-corrected chi connectivity index (χ0v) is 10.9. The maximum atomic E-state index is 11.5. The van der Waals surface area contributed by atoms with Crippen LogP contribution in [0.2, 0.25) is 0 Å². The van der Waals surface area contributed by atoms with Crippen LogP contribution in [0.4, 0.5) is 0 Å². The van der Waals surface area contributed by atoms with Crippen LogP contribution < -0.4 is 0 Å². The number of ether oxygens (including phenoxy) is 1. The molecule has 2 rings (SSSR count). The highest BCUT2D eigenvalue weighted by atomic mass is 16.5. The molecule has 0 atom stereocenters. The molecule has 102 valence electrons. The summed E-state index contributed by atoms with van der Waals surface area (Å²) in [5.41, 5.74) is 0. The van der Waals surface area contributed by atoms with Gasteiger partial charge in [-0.2, -0.15) is 0 Å². The molecule has 0 radical (unpaired) electrons. The van der Waals surface area contributed by atoms with Gasteiger partial charge in [0.2, 0.25) is 11.8 Å². The normalized spacial score (nSPS) is 20.9. The third-order valence-corrected chi connectivity index (χ3v) is 3.56. The fraction of sp³-hybridized carbons (Fsp3) is 0.846. The molecule has 0 aromatic carbocycles. The lowest BCUT2D eigenvalue weighted by Crippen LogP contribution is -2.37. The maximum Gasteiger partial charge on any atom is 0.224 e. The fourth-order valence-electron chi connectivity index (χ4n) is 2.47. The first kappa shape index (κ1) is 13.3. The van der Waals surface area contributed by atoms with Gasteiger partial charge in [-0.05, 0) is 25.7 Å². The second-order valence-corrected chi connectivity index (χ2v) is 4.99. The molecule has 0 saturated carbocycles. The predicted molar refractivity (Wildman–Crippen MR) is 66.8 cm³/mol. The Morgan fingerprint density at radius 1 is 0.944 bits per heavy atom. The van der Waals surface area contributed by atoms with Crippen molar-refractivity contribution in [1.82, 2.24) is 9.80 Å². The first-order valence-corrected chi connectivity index (χ1v) is 6.90. The van der Waals surface area contributed by atoms with E-state index in [9.17, 15) is 9.59 Å². The van der Waals surface area contributed by atoms with Crippen molar-refractivity contribution < 1.29 is 14.3 Å². The highest BCUT2D eigenvalue weighted by Gasteiger charge is 2.19. The number of hydrogen-bond donors (Lipinski definition) is 0. The highest BCUT2D eigenvalue weighted by Crippen LogP contribution is 2.11. The smallest absolute Gasteiger partial charge is 0.224 e. The van der Waals surface area contributed by atoms with E-state index >= 15 is 0 Å². The van der Waals surface area contributed by atoms with Crippen LogP contribution >= 0.6 is 0 Å². The van der Waals surface area contributed by atoms with Crippen molar-refractivity contribution in [1.29, 1.82) is 0 Å². The molecule has 2 aliphatic heterocycles. The fourth-order valence-corrected chi connectivity index (χ4v) is 2.47. The van der Waals surface area contributed by atoms with Crippen molar-refractivity contribution in [2.45, 2.75) is 38.5 Å². The number of nitrogens with zero attached hydrogens (tertiary/aromatic N) is 2. The van der Waals surface area contributed by atoms with Crippen molar-refractivity contribution in [2.75, 3.05) is 33.0 Å². The molecule has 0 aliphatic carbocycles. The number of amides is 2. The van der Waals surface area contributed by atoms with Crippen molar-refractivity contribution >= 4 is 11.8 Å². The Bertz CT molecular complexity index is 307. The van der Waals surface area contributed by atoms with E-state index in [1.807, 2.05) is 4.90 Å². The number of piperidine rings is 1. The SMILES string of the molecule is O=C1CCCN1CCCOCN1CCCCC1=O. The molecule has 0 spiro atoms. The second kappa shape index (κ2) is 6.73. The minimum atomic E-state index is 0.205. The molecule has 0 N–H and O–H groups in total. The number of rotatable bonds is 6. The van der Waals surface area contributed by atoms with E-state index < -0.39 is 0 Å². The quantitative estimate of drug-likeness (QED) is 0.664. The first-order valence-electron chi connectivity index (χ1n) is 6.90. The standard InChI is InChI=1S/C13H22N2O3/c16-12-6-3-8-14(12)9-4-10-18-11-15-7-2-1-5-13(15)17/h1-11H2. The van der Waals surface area contributed by atoms with E-state index in [4.69, 9.17) is 4.74 Å². The molecule has 5 nitrogen and oxygen atoms in total. The van der Waals surface area contributed by atoms with Crippen LogP contribution in [-0.2, 0) is 14.3 Å². The van der Waals surface area contributed by atoms with Crippen LogP contribution in [0.1, 0.15) is 38.5 Å². The molecule has 2 amide bonds. The van der Waals surface area contributed by atoms with Crippen molar-refractivity contribution in [2.24, 2.45) is 0 Å². The molecule has 0 aromatic rings. The largest absolute Gasteiger partial charge is 0.361 e. The molecule has 5 heteroatoms. The lowest BCUT2D eigenvalue weighted by molar-refractivity contribution is -0.139. The Morgan fingerprint density at radius 2 is 1.67 bits per heavy atom. The summed E-state index contributed by atoms with van der Waals surface area (Å²) in [6.07, 6.45) is 5.29. The van der Waals surface area contributed by atoms with Crippen molar-refractivity contribution in [3.63, 3.8) is 0 Å². The highest BCUT2D eigenvalue weighted by molar-refractivity contribution is 5.78. The van der Waals surface area contributed by atoms with Gasteiger partial charge < -0.3 is 14.5 Å². The molecule has 18 heavy (non-hydrogen) atoms. The van der Waals surface area contributed by atoms with E-state index in [2.05, 4.69) is 0 Å². The van der Waals surface area contributed by atoms with Gasteiger partial charge in [0.25, 0.3) is 0 Å². The van der Waals surface area contributed by atoms with Crippen LogP contribution in [0.15, 0.2) is 0 Å². The monoisotopic (exact) mass is 254 g/mol. The maximum absolute atomic E-state index is 11.5. The molecular formula is C13H22N2O3. The zero-order valence-electron chi connectivity index (χ0n) is 10.9. The third-order valence-electron chi connectivity index (χ3n) is 3.56. The third kappa shape index (κ3) is 3.70. The van der Waals surface area contributed by atoms with E-state index in [1.54, 1.807) is 4.90 Å². The summed E-state index contributed by atoms with van der Waals surface area (Å²) in [6, 6.07) is 0. The van der Waals surface area contributed by atoms with Gasteiger partial charge in [-0.1, -0.05) is 0 Å². The van der Waals surface area contributed by atoms with Gasteiger partial charge in [0.05, 0.1) is 6.61 Å². The van der Waals surface area contributed by atoms with E-state index in [-0.39, 0.29) is 11.8 Å². The number of likely N-dealkylation sites (tertiary alicyclic amines) is 2. The summed E-state index contributed by atoms with van der Waals surface area (Å²) in [6.45, 7) is 3.53. The van der Waals surface area contributed by atoms with E-state index in [1.165, 1.54) is 0 Å². The van der Waals surface area contributed by atoms with Gasteiger partial charge in [0, 0.05) is 32.5 Å². The topological polar surface area (TPSA) is 49.9 Å². The summed E-state index contributed by atoms with van der Waals surface area (Å²) >= 11 is 0. The molecule has 0 bridgehead atoms. The van der Waals surface area contributed by atoms with Gasteiger partial charge >= 0.3 is 0 Å². The summed E-state index contributed by atoms with van der Waals surface area (Å²) < 4.78 is 5.51. The van der Waals surface area contributed by atoms with E-state index in [0.717, 1.165) is 45.3 Å². The first-order chi connectivity index (χ1) is 8.77. The number of hydrogen-bond acceptors (Lipinski definition) is 3. The summed E-state index contributed by atoms with van der Waals surface area (Å²) in [5, 5.41) is 0.